The molecule has 0 atom stereocenters. The maximum absolute atomic E-state index is 12.5. The molecule has 4 heteroatoms. The highest BCUT2D eigenvalue weighted by Crippen LogP contribution is 2.59. The number of benzene rings is 1. The highest BCUT2D eigenvalue weighted by Gasteiger charge is 2.50. The second-order valence-electron chi connectivity index (χ2n) is 7.70. The van der Waals surface area contributed by atoms with Gasteiger partial charge in [0.1, 0.15) is 0 Å². The largest absolute Gasteiger partial charge is 0.351 e. The Kier molecular flexibility index (Phi) is 3.65. The van der Waals surface area contributed by atoms with Gasteiger partial charge < -0.3 is 5.32 Å². The van der Waals surface area contributed by atoms with Crippen molar-refractivity contribution in [1.29, 1.82) is 0 Å². The van der Waals surface area contributed by atoms with Gasteiger partial charge in [0.2, 0.25) is 0 Å². The average Bonchev–Trinajstić information content (AvgIpc) is 2.46. The first-order chi connectivity index (χ1) is 10.5. The van der Waals surface area contributed by atoms with Crippen LogP contribution < -0.4 is 5.32 Å². The van der Waals surface area contributed by atoms with Crippen molar-refractivity contribution in [2.75, 3.05) is 6.54 Å². The van der Waals surface area contributed by atoms with Crippen LogP contribution in [0.2, 0.25) is 10.0 Å². The van der Waals surface area contributed by atoms with Crippen LogP contribution in [-0.4, -0.2) is 12.5 Å². The van der Waals surface area contributed by atoms with Gasteiger partial charge in [-0.15, -0.1) is 0 Å². The molecule has 5 rings (SSSR count). The third kappa shape index (κ3) is 2.55. The van der Waals surface area contributed by atoms with Crippen molar-refractivity contribution in [2.45, 2.75) is 38.5 Å². The van der Waals surface area contributed by atoms with Gasteiger partial charge in [0.15, 0.2) is 0 Å². The van der Waals surface area contributed by atoms with E-state index in [-0.39, 0.29) is 5.91 Å². The fourth-order valence-electron chi connectivity index (χ4n) is 5.55. The standard InChI is InChI=1S/C18H21Cl2NO/c19-15-3-1-2-14(16(15)20)17(22)21-10-18-7-11-4-12(8-18)6-13(5-11)9-18/h1-3,11-13H,4-10H2,(H,21,22). The van der Waals surface area contributed by atoms with Gasteiger partial charge in [-0.3, -0.25) is 4.79 Å². The van der Waals surface area contributed by atoms with Gasteiger partial charge in [0.05, 0.1) is 15.6 Å². The Hall–Kier alpha value is -0.730. The third-order valence-corrected chi connectivity index (χ3v) is 6.80. The smallest absolute Gasteiger partial charge is 0.252 e. The number of hydrogen-bond donors (Lipinski definition) is 1. The first-order valence-corrected chi connectivity index (χ1v) is 9.02. The summed E-state index contributed by atoms with van der Waals surface area (Å²) >= 11 is 12.2. The van der Waals surface area contributed by atoms with Gasteiger partial charge in [-0.25, -0.2) is 0 Å². The molecule has 0 aliphatic heterocycles. The summed E-state index contributed by atoms with van der Waals surface area (Å²) in [4.78, 5) is 12.5. The van der Waals surface area contributed by atoms with E-state index in [0.717, 1.165) is 24.3 Å². The summed E-state index contributed by atoms with van der Waals surface area (Å²) in [6.07, 6.45) is 8.15. The van der Waals surface area contributed by atoms with Gasteiger partial charge in [0, 0.05) is 6.54 Å². The van der Waals surface area contributed by atoms with Crippen LogP contribution >= 0.6 is 23.2 Å². The highest BCUT2D eigenvalue weighted by molar-refractivity contribution is 6.43. The van der Waals surface area contributed by atoms with Crippen molar-refractivity contribution >= 4 is 29.1 Å². The van der Waals surface area contributed by atoms with Gasteiger partial charge >= 0.3 is 0 Å². The summed E-state index contributed by atoms with van der Waals surface area (Å²) < 4.78 is 0. The molecule has 118 valence electrons. The number of nitrogens with one attached hydrogen (secondary N) is 1. The Morgan fingerprint density at radius 1 is 1.09 bits per heavy atom. The zero-order chi connectivity index (χ0) is 15.3. The number of rotatable bonds is 3. The Morgan fingerprint density at radius 2 is 1.68 bits per heavy atom. The van der Waals surface area contributed by atoms with Crippen molar-refractivity contribution in [1.82, 2.24) is 5.32 Å². The van der Waals surface area contributed by atoms with Crippen LogP contribution in [-0.2, 0) is 0 Å². The van der Waals surface area contributed by atoms with E-state index in [1.165, 1.54) is 38.5 Å². The van der Waals surface area contributed by atoms with E-state index in [9.17, 15) is 4.79 Å². The zero-order valence-electron chi connectivity index (χ0n) is 12.6. The van der Waals surface area contributed by atoms with Gasteiger partial charge in [-0.1, -0.05) is 29.3 Å². The molecule has 0 aromatic heterocycles. The minimum absolute atomic E-state index is 0.0942. The quantitative estimate of drug-likeness (QED) is 0.831. The topological polar surface area (TPSA) is 29.1 Å². The summed E-state index contributed by atoms with van der Waals surface area (Å²) in [7, 11) is 0. The molecule has 0 saturated heterocycles. The minimum Gasteiger partial charge on any atom is -0.351 e. The summed E-state index contributed by atoms with van der Waals surface area (Å²) in [6.45, 7) is 0.790. The first kappa shape index (κ1) is 14.8. The van der Waals surface area contributed by atoms with E-state index < -0.39 is 0 Å². The van der Waals surface area contributed by atoms with Crippen molar-refractivity contribution < 1.29 is 4.79 Å². The SMILES string of the molecule is O=C(NCC12CC3CC(CC(C3)C1)C2)c1cccc(Cl)c1Cl. The van der Waals surface area contributed by atoms with E-state index in [1.54, 1.807) is 18.2 Å². The Balaban J connectivity index is 1.46. The Morgan fingerprint density at radius 3 is 2.27 bits per heavy atom. The predicted molar refractivity (Wildman–Crippen MR) is 89.4 cm³/mol. The molecule has 4 fully saturated rings. The molecule has 0 spiro atoms. The van der Waals surface area contributed by atoms with Crippen LogP contribution in [0.25, 0.3) is 0 Å². The van der Waals surface area contributed by atoms with Crippen LogP contribution in [0.1, 0.15) is 48.9 Å². The minimum atomic E-state index is -0.0942. The summed E-state index contributed by atoms with van der Waals surface area (Å²) in [5.74, 6) is 2.61. The Bertz CT molecular complexity index is 578. The predicted octanol–water partition coefficient (Wildman–Crippen LogP) is 4.94. The molecule has 1 aromatic rings. The normalized spacial score (nSPS) is 35.6. The molecule has 2 nitrogen and oxygen atoms in total. The lowest BCUT2D eigenvalue weighted by Crippen LogP contribution is -2.51. The number of carbonyl (C=O) groups is 1. The molecule has 4 aliphatic carbocycles. The molecule has 1 aromatic carbocycles. The van der Waals surface area contributed by atoms with Crippen LogP contribution in [0, 0.1) is 23.2 Å². The van der Waals surface area contributed by atoms with Crippen LogP contribution in [0.4, 0.5) is 0 Å². The van der Waals surface area contributed by atoms with E-state index in [4.69, 9.17) is 23.2 Å². The van der Waals surface area contributed by atoms with Gasteiger partial charge in [-0.2, -0.15) is 0 Å². The number of halogens is 2. The molecule has 0 heterocycles. The second-order valence-corrected chi connectivity index (χ2v) is 8.49. The third-order valence-electron chi connectivity index (χ3n) is 5.99. The van der Waals surface area contributed by atoms with E-state index >= 15 is 0 Å². The molecule has 4 aliphatic rings. The maximum Gasteiger partial charge on any atom is 0.252 e. The van der Waals surface area contributed by atoms with Crippen molar-refractivity contribution in [3.05, 3.63) is 33.8 Å². The molecule has 4 saturated carbocycles. The first-order valence-electron chi connectivity index (χ1n) is 8.27. The number of amides is 1. The highest BCUT2D eigenvalue weighted by atomic mass is 35.5. The molecule has 1 N–H and O–H groups in total. The monoisotopic (exact) mass is 337 g/mol. The molecule has 0 radical (unpaired) electrons. The number of hydrogen-bond acceptors (Lipinski definition) is 1. The molecular weight excluding hydrogens is 317 g/mol. The van der Waals surface area contributed by atoms with Crippen molar-refractivity contribution in [3.8, 4) is 0 Å². The van der Waals surface area contributed by atoms with Gasteiger partial charge in [0.25, 0.3) is 5.91 Å². The zero-order valence-corrected chi connectivity index (χ0v) is 14.1. The number of carbonyl (C=O) groups excluding carboxylic acids is 1. The van der Waals surface area contributed by atoms with Crippen LogP contribution in [0.3, 0.4) is 0 Å². The van der Waals surface area contributed by atoms with Crippen molar-refractivity contribution in [3.63, 3.8) is 0 Å². The fourth-order valence-corrected chi connectivity index (χ4v) is 5.94. The lowest BCUT2D eigenvalue weighted by atomic mass is 9.49. The van der Waals surface area contributed by atoms with E-state index in [0.29, 0.717) is 21.0 Å². The molecule has 1 amide bonds. The fraction of sp³-hybridized carbons (Fsp3) is 0.611. The lowest BCUT2D eigenvalue weighted by Gasteiger charge is -2.56. The van der Waals surface area contributed by atoms with Crippen LogP contribution in [0.15, 0.2) is 18.2 Å². The summed E-state index contributed by atoms with van der Waals surface area (Å²) in [5.41, 5.74) is 0.828. The molecule has 4 bridgehead atoms. The lowest BCUT2D eigenvalue weighted by molar-refractivity contribution is -0.0503. The summed E-state index contributed by atoms with van der Waals surface area (Å²) in [5, 5.41) is 3.93. The second kappa shape index (κ2) is 5.42. The maximum atomic E-state index is 12.5. The van der Waals surface area contributed by atoms with Crippen LogP contribution in [0.5, 0.6) is 0 Å². The average molecular weight is 338 g/mol. The van der Waals surface area contributed by atoms with E-state index in [2.05, 4.69) is 5.32 Å². The summed E-state index contributed by atoms with van der Waals surface area (Å²) in [6, 6.07) is 5.22. The molecule has 0 unspecified atom stereocenters. The molecular formula is C18H21Cl2NO. The van der Waals surface area contributed by atoms with E-state index in [1.807, 2.05) is 0 Å². The Labute approximate surface area is 141 Å². The van der Waals surface area contributed by atoms with Crippen molar-refractivity contribution in [2.24, 2.45) is 23.2 Å². The van der Waals surface area contributed by atoms with Gasteiger partial charge in [-0.05, 0) is 73.8 Å². The molecule has 22 heavy (non-hydrogen) atoms.